The van der Waals surface area contributed by atoms with Gasteiger partial charge in [0.05, 0.1) is 0 Å². The first-order valence-corrected chi connectivity index (χ1v) is 6.72. The summed E-state index contributed by atoms with van der Waals surface area (Å²) < 4.78 is 6.74. The van der Waals surface area contributed by atoms with Crippen molar-refractivity contribution in [3.8, 4) is 0 Å². The van der Waals surface area contributed by atoms with Crippen molar-refractivity contribution >= 4 is 17.7 Å². The Kier molecular flexibility index (Phi) is 4.93. The maximum absolute atomic E-state index is 12.1. The van der Waals surface area contributed by atoms with Crippen LogP contribution in [0.25, 0.3) is 0 Å². The second-order valence-corrected chi connectivity index (χ2v) is 6.01. The number of rotatable bonds is 4. The summed E-state index contributed by atoms with van der Waals surface area (Å²) in [4.78, 5) is 35.3. The zero-order valence-corrected chi connectivity index (χ0v) is 13.3. The number of aromatic nitrogens is 1. The van der Waals surface area contributed by atoms with Crippen molar-refractivity contribution in [3.05, 3.63) is 23.5 Å². The van der Waals surface area contributed by atoms with Crippen LogP contribution in [0, 0.1) is 0 Å². The van der Waals surface area contributed by atoms with Crippen molar-refractivity contribution in [2.24, 2.45) is 7.05 Å². The van der Waals surface area contributed by atoms with Crippen molar-refractivity contribution in [1.82, 2.24) is 9.88 Å². The molecule has 6 nitrogen and oxygen atoms in total. The minimum Gasteiger partial charge on any atom is -0.458 e. The molecule has 0 aromatic carbocycles. The minimum absolute atomic E-state index is 0.121. The molecule has 1 aromatic rings. The second kappa shape index (κ2) is 6.11. The monoisotopic (exact) mass is 294 g/mol. The molecule has 1 amide bonds. The predicted molar refractivity (Wildman–Crippen MR) is 78.2 cm³/mol. The summed E-state index contributed by atoms with van der Waals surface area (Å²) in [6, 6.07) is 0.729. The average molecular weight is 294 g/mol. The molecule has 116 valence electrons. The Morgan fingerprint density at radius 2 is 1.86 bits per heavy atom. The number of ketones is 1. The van der Waals surface area contributed by atoms with E-state index in [-0.39, 0.29) is 5.78 Å². The first-order valence-electron chi connectivity index (χ1n) is 6.72. The van der Waals surface area contributed by atoms with Crippen LogP contribution in [-0.2, 0) is 16.6 Å². The minimum atomic E-state index is -0.771. The van der Waals surface area contributed by atoms with Crippen LogP contribution in [0.2, 0.25) is 0 Å². The zero-order valence-electron chi connectivity index (χ0n) is 13.3. The fourth-order valence-corrected chi connectivity index (χ4v) is 1.70. The quantitative estimate of drug-likeness (QED) is 0.677. The van der Waals surface area contributed by atoms with E-state index in [9.17, 15) is 14.4 Å². The molecular weight excluding hydrogens is 272 g/mol. The first-order chi connectivity index (χ1) is 9.51. The van der Waals surface area contributed by atoms with Crippen LogP contribution >= 0.6 is 0 Å². The molecule has 0 fully saturated rings. The number of Topliss-reactive ketones (excluding diaryl/α,β-unsaturated/α-hetero) is 1. The highest BCUT2D eigenvalue weighted by Crippen LogP contribution is 2.10. The van der Waals surface area contributed by atoms with E-state index in [2.05, 4.69) is 5.32 Å². The third-order valence-corrected chi connectivity index (χ3v) is 2.75. The lowest BCUT2D eigenvalue weighted by atomic mass is 10.2. The Bertz CT molecular complexity index is 567. The van der Waals surface area contributed by atoms with Gasteiger partial charge in [0.2, 0.25) is 0 Å². The van der Waals surface area contributed by atoms with E-state index in [4.69, 9.17) is 4.74 Å². The van der Waals surface area contributed by atoms with Gasteiger partial charge in [-0.2, -0.15) is 0 Å². The Labute approximate surface area is 124 Å². The maximum atomic E-state index is 12.1. The van der Waals surface area contributed by atoms with Crippen LogP contribution in [0.15, 0.2) is 12.3 Å². The van der Waals surface area contributed by atoms with Gasteiger partial charge in [-0.25, -0.2) is 4.79 Å². The van der Waals surface area contributed by atoms with Crippen LogP contribution in [0.5, 0.6) is 0 Å². The molecule has 1 aromatic heterocycles. The number of hydrogen-bond acceptors (Lipinski definition) is 4. The highest BCUT2D eigenvalue weighted by atomic mass is 16.6. The number of amides is 1. The second-order valence-electron chi connectivity index (χ2n) is 6.01. The highest BCUT2D eigenvalue weighted by Gasteiger charge is 2.24. The van der Waals surface area contributed by atoms with Gasteiger partial charge < -0.3 is 14.6 Å². The fraction of sp³-hybridized carbons (Fsp3) is 0.533. The number of ether oxygens (including phenoxy) is 1. The van der Waals surface area contributed by atoms with Crippen molar-refractivity contribution in [2.45, 2.75) is 46.3 Å². The molecule has 0 spiro atoms. The van der Waals surface area contributed by atoms with Gasteiger partial charge in [-0.15, -0.1) is 0 Å². The molecule has 0 saturated heterocycles. The topological polar surface area (TPSA) is 77.4 Å². The van der Waals surface area contributed by atoms with E-state index in [0.717, 1.165) is 0 Å². The number of aryl methyl sites for hydroxylation is 1. The number of carbonyl (C=O) groups is 3. The van der Waals surface area contributed by atoms with Crippen molar-refractivity contribution < 1.29 is 19.1 Å². The number of nitrogens with zero attached hydrogens (tertiary/aromatic N) is 1. The fourth-order valence-electron chi connectivity index (χ4n) is 1.70. The lowest BCUT2D eigenvalue weighted by Gasteiger charge is -2.22. The van der Waals surface area contributed by atoms with E-state index in [1.165, 1.54) is 13.0 Å². The molecular formula is C15H22N2O4. The largest absolute Gasteiger partial charge is 0.458 e. The third kappa shape index (κ3) is 4.73. The molecule has 1 heterocycles. The molecule has 0 saturated carbocycles. The van der Waals surface area contributed by atoms with E-state index in [0.29, 0.717) is 11.3 Å². The van der Waals surface area contributed by atoms with Gasteiger partial charge in [-0.05, 0) is 40.7 Å². The van der Waals surface area contributed by atoms with Gasteiger partial charge in [-0.1, -0.05) is 0 Å². The summed E-state index contributed by atoms with van der Waals surface area (Å²) in [7, 11) is 1.67. The van der Waals surface area contributed by atoms with Crippen molar-refractivity contribution in [3.63, 3.8) is 0 Å². The molecule has 0 unspecified atom stereocenters. The van der Waals surface area contributed by atoms with E-state index < -0.39 is 23.5 Å². The van der Waals surface area contributed by atoms with E-state index >= 15 is 0 Å². The van der Waals surface area contributed by atoms with Crippen molar-refractivity contribution in [1.29, 1.82) is 0 Å². The molecule has 0 bridgehead atoms. The molecule has 1 N–H and O–H groups in total. The summed E-state index contributed by atoms with van der Waals surface area (Å²) in [5, 5.41) is 2.57. The van der Waals surface area contributed by atoms with Crippen LogP contribution in [0.4, 0.5) is 0 Å². The van der Waals surface area contributed by atoms with Gasteiger partial charge in [0.25, 0.3) is 5.91 Å². The lowest BCUT2D eigenvalue weighted by Crippen LogP contribution is -2.42. The Morgan fingerprint density at radius 3 is 2.29 bits per heavy atom. The maximum Gasteiger partial charge on any atom is 0.328 e. The molecule has 6 heteroatoms. The summed E-state index contributed by atoms with van der Waals surface area (Å²) in [6.45, 7) is 8.27. The number of nitrogens with one attached hydrogen (secondary N) is 1. The van der Waals surface area contributed by atoms with E-state index in [1.54, 1.807) is 45.5 Å². The molecule has 1 rings (SSSR count). The normalized spacial score (nSPS) is 12.7. The van der Waals surface area contributed by atoms with Gasteiger partial charge in [0.1, 0.15) is 17.3 Å². The first kappa shape index (κ1) is 16.9. The molecule has 0 aliphatic carbocycles. The zero-order chi connectivity index (χ0) is 16.4. The smallest absolute Gasteiger partial charge is 0.328 e. The summed E-state index contributed by atoms with van der Waals surface area (Å²) in [6.07, 6.45) is 1.58. The molecule has 21 heavy (non-hydrogen) atoms. The number of hydrogen-bond donors (Lipinski definition) is 1. The van der Waals surface area contributed by atoms with Crippen LogP contribution < -0.4 is 5.32 Å². The van der Waals surface area contributed by atoms with Gasteiger partial charge in [0.15, 0.2) is 5.78 Å². The third-order valence-electron chi connectivity index (χ3n) is 2.75. The van der Waals surface area contributed by atoms with Gasteiger partial charge in [0, 0.05) is 18.8 Å². The molecule has 0 aliphatic heterocycles. The molecule has 1 atom stereocenters. The summed E-state index contributed by atoms with van der Waals surface area (Å²) in [5.74, 6) is -1.05. The predicted octanol–water partition coefficient (Wildman–Crippen LogP) is 1.69. The number of carbonyl (C=O) groups excluding carboxylic acids is 3. The molecule has 0 radical (unpaired) electrons. The van der Waals surface area contributed by atoms with Gasteiger partial charge in [-0.3, -0.25) is 9.59 Å². The van der Waals surface area contributed by atoms with Crippen LogP contribution in [0.1, 0.15) is 55.5 Å². The molecule has 0 aliphatic rings. The lowest BCUT2D eigenvalue weighted by molar-refractivity contribution is -0.156. The summed E-state index contributed by atoms with van der Waals surface area (Å²) in [5.41, 5.74) is 0.159. The number of esters is 1. The van der Waals surface area contributed by atoms with Crippen LogP contribution in [0.3, 0.4) is 0 Å². The SMILES string of the molecule is CC(=O)c1cc(C(=O)N[C@H](C)C(=O)OC(C)(C)C)n(C)c1. The Balaban J connectivity index is 2.77. The van der Waals surface area contributed by atoms with Gasteiger partial charge >= 0.3 is 5.97 Å². The Hall–Kier alpha value is -2.11. The standard InChI is InChI=1S/C15H22N2O4/c1-9(14(20)21-15(3,4)5)16-13(19)12-7-11(10(2)18)8-17(12)6/h7-9H,1-6H3,(H,16,19)/t9-/m1/s1. The van der Waals surface area contributed by atoms with Crippen LogP contribution in [-0.4, -0.2) is 33.9 Å². The van der Waals surface area contributed by atoms with Crippen molar-refractivity contribution in [2.75, 3.05) is 0 Å². The Morgan fingerprint density at radius 1 is 1.29 bits per heavy atom. The highest BCUT2D eigenvalue weighted by molar-refractivity contribution is 6.00. The van der Waals surface area contributed by atoms with E-state index in [1.807, 2.05) is 0 Å². The average Bonchev–Trinajstić information content (AvgIpc) is 2.69. The summed E-state index contributed by atoms with van der Waals surface area (Å²) >= 11 is 0.